The Morgan fingerprint density at radius 3 is 2.50 bits per heavy atom. The molecule has 0 aliphatic carbocycles. The molecular formula is C22H19NO3. The lowest BCUT2D eigenvalue weighted by Crippen LogP contribution is -2.31. The minimum Gasteiger partial charge on any atom is -0.469 e. The first kappa shape index (κ1) is 16.3. The van der Waals surface area contributed by atoms with E-state index in [-0.39, 0.29) is 12.1 Å². The Labute approximate surface area is 152 Å². The monoisotopic (exact) mass is 345 g/mol. The first-order valence-corrected chi connectivity index (χ1v) is 8.61. The Hall–Kier alpha value is -3.14. The number of carbonyl (C=O) groups excluding carboxylic acids is 1. The molecule has 0 bridgehead atoms. The van der Waals surface area contributed by atoms with Crippen LogP contribution in [0.3, 0.4) is 0 Å². The molecule has 4 nitrogen and oxygen atoms in total. The van der Waals surface area contributed by atoms with E-state index in [2.05, 4.69) is 35.3 Å². The number of hydrogen-bond acceptors (Lipinski definition) is 4. The van der Waals surface area contributed by atoms with Crippen LogP contribution in [0.2, 0.25) is 0 Å². The van der Waals surface area contributed by atoms with E-state index in [0.717, 1.165) is 16.5 Å². The fourth-order valence-corrected chi connectivity index (χ4v) is 3.23. The Morgan fingerprint density at radius 2 is 1.73 bits per heavy atom. The number of methoxy groups -OCH3 is 1. The summed E-state index contributed by atoms with van der Waals surface area (Å²) < 4.78 is 11.1. The third-order valence-corrected chi connectivity index (χ3v) is 4.60. The minimum atomic E-state index is -0.569. The smallest absolute Gasteiger partial charge is 0.330 e. The Balaban J connectivity index is 1.71. The molecule has 0 radical (unpaired) electrons. The highest BCUT2D eigenvalue weighted by atomic mass is 16.5. The molecule has 0 N–H and O–H groups in total. The first-order valence-electron chi connectivity index (χ1n) is 8.61. The Morgan fingerprint density at radius 1 is 1.00 bits per heavy atom. The molecule has 4 rings (SSSR count). The molecule has 2 atom stereocenters. The zero-order valence-corrected chi connectivity index (χ0v) is 14.5. The van der Waals surface area contributed by atoms with Gasteiger partial charge in [0.25, 0.3) is 0 Å². The van der Waals surface area contributed by atoms with E-state index in [1.165, 1.54) is 12.5 Å². The van der Waals surface area contributed by atoms with Gasteiger partial charge in [0.05, 0.1) is 7.11 Å². The molecule has 0 aromatic heterocycles. The van der Waals surface area contributed by atoms with Crippen LogP contribution >= 0.6 is 0 Å². The van der Waals surface area contributed by atoms with E-state index in [0.29, 0.717) is 12.3 Å². The highest BCUT2D eigenvalue weighted by Crippen LogP contribution is 2.32. The molecule has 1 heterocycles. The Kier molecular flexibility index (Phi) is 4.40. The molecule has 0 fully saturated rings. The largest absolute Gasteiger partial charge is 0.469 e. The second kappa shape index (κ2) is 7.00. The van der Waals surface area contributed by atoms with Crippen LogP contribution in [0.25, 0.3) is 10.8 Å². The number of hydrogen-bond donors (Lipinski definition) is 0. The van der Waals surface area contributed by atoms with Crippen LogP contribution in [0.5, 0.6) is 0 Å². The van der Waals surface area contributed by atoms with Crippen molar-refractivity contribution in [2.24, 2.45) is 4.99 Å². The summed E-state index contributed by atoms with van der Waals surface area (Å²) in [5.74, 6) is 0.137. The third-order valence-electron chi connectivity index (χ3n) is 4.60. The number of esters is 1. The van der Waals surface area contributed by atoms with Crippen molar-refractivity contribution in [1.82, 2.24) is 0 Å². The summed E-state index contributed by atoms with van der Waals surface area (Å²) >= 11 is 0. The molecular weight excluding hydrogens is 326 g/mol. The van der Waals surface area contributed by atoms with Gasteiger partial charge in [-0.3, -0.25) is 0 Å². The van der Waals surface area contributed by atoms with E-state index in [4.69, 9.17) is 9.47 Å². The van der Waals surface area contributed by atoms with Crippen molar-refractivity contribution in [3.05, 3.63) is 83.9 Å². The predicted octanol–water partition coefficient (Wildman–Crippen LogP) is 4.29. The van der Waals surface area contributed by atoms with Crippen molar-refractivity contribution < 1.29 is 14.3 Å². The highest BCUT2D eigenvalue weighted by molar-refractivity contribution is 5.96. The number of rotatable bonds is 3. The van der Waals surface area contributed by atoms with Crippen molar-refractivity contribution in [3.63, 3.8) is 0 Å². The van der Waals surface area contributed by atoms with E-state index in [9.17, 15) is 4.79 Å². The van der Waals surface area contributed by atoms with Crippen LogP contribution in [-0.4, -0.2) is 25.0 Å². The van der Waals surface area contributed by atoms with E-state index >= 15 is 0 Å². The summed E-state index contributed by atoms with van der Waals surface area (Å²) in [6, 6.07) is 23.5. The van der Waals surface area contributed by atoms with Crippen LogP contribution in [-0.2, 0) is 14.3 Å². The lowest BCUT2D eigenvalue weighted by atomic mass is 9.97. The molecule has 1 aliphatic heterocycles. The van der Waals surface area contributed by atoms with Crippen molar-refractivity contribution in [1.29, 1.82) is 0 Å². The third kappa shape index (κ3) is 3.18. The summed E-state index contributed by atoms with van der Waals surface area (Å²) in [4.78, 5) is 16.6. The van der Waals surface area contributed by atoms with Gasteiger partial charge in [0.2, 0.25) is 5.90 Å². The fraction of sp³-hybridized carbons (Fsp3) is 0.182. The van der Waals surface area contributed by atoms with Gasteiger partial charge >= 0.3 is 5.97 Å². The number of aliphatic imine (C=N–C) groups is 1. The number of carbonyl (C=O) groups is 1. The van der Waals surface area contributed by atoms with E-state index in [1.54, 1.807) is 0 Å². The second-order valence-corrected chi connectivity index (χ2v) is 6.29. The van der Waals surface area contributed by atoms with Crippen LogP contribution in [0.1, 0.15) is 23.7 Å². The average Bonchev–Trinajstić information content (AvgIpc) is 2.73. The summed E-state index contributed by atoms with van der Waals surface area (Å²) in [5, 5.41) is 2.32. The molecule has 1 aliphatic rings. The van der Waals surface area contributed by atoms with Gasteiger partial charge in [-0.25, -0.2) is 9.79 Å². The van der Waals surface area contributed by atoms with Crippen molar-refractivity contribution in [3.8, 4) is 0 Å². The van der Waals surface area contributed by atoms with Gasteiger partial charge in [0.1, 0.15) is 6.10 Å². The fourth-order valence-electron chi connectivity index (χ4n) is 3.23. The molecule has 0 spiro atoms. The predicted molar refractivity (Wildman–Crippen MR) is 101 cm³/mol. The van der Waals surface area contributed by atoms with Crippen LogP contribution in [0.4, 0.5) is 0 Å². The molecule has 4 heteroatoms. The van der Waals surface area contributed by atoms with Crippen molar-refractivity contribution in [2.45, 2.75) is 18.6 Å². The molecule has 0 saturated carbocycles. The zero-order chi connectivity index (χ0) is 17.9. The van der Waals surface area contributed by atoms with E-state index in [1.807, 2.05) is 42.5 Å². The summed E-state index contributed by atoms with van der Waals surface area (Å²) in [6.07, 6.45) is 0.206. The lowest BCUT2D eigenvalue weighted by Gasteiger charge is -2.28. The summed E-state index contributed by atoms with van der Waals surface area (Å²) in [5.41, 5.74) is 1.88. The summed E-state index contributed by atoms with van der Waals surface area (Å²) in [7, 11) is 1.39. The van der Waals surface area contributed by atoms with Crippen LogP contribution < -0.4 is 0 Å². The number of ether oxygens (including phenoxy) is 2. The molecule has 130 valence electrons. The van der Waals surface area contributed by atoms with Crippen LogP contribution in [0.15, 0.2) is 77.8 Å². The maximum absolute atomic E-state index is 12.1. The quantitative estimate of drug-likeness (QED) is 0.665. The van der Waals surface area contributed by atoms with Gasteiger partial charge in [0.15, 0.2) is 6.04 Å². The molecule has 26 heavy (non-hydrogen) atoms. The maximum atomic E-state index is 12.1. The molecule has 3 aromatic carbocycles. The van der Waals surface area contributed by atoms with Crippen LogP contribution in [0, 0.1) is 0 Å². The number of fused-ring (bicyclic) bond motifs is 1. The molecule has 3 aromatic rings. The van der Waals surface area contributed by atoms with E-state index < -0.39 is 6.04 Å². The standard InChI is InChI=1S/C22H19NO3/c1-25-22(24)19-14-20(26-21(23-19)16-8-3-2-4-9-16)18-12-11-15-7-5-6-10-17(15)13-18/h2-13,19-20H,14H2,1H3/t19-,20-/m1/s1. The minimum absolute atomic E-state index is 0.253. The number of nitrogens with zero attached hydrogens (tertiary/aromatic N) is 1. The van der Waals surface area contributed by atoms with Gasteiger partial charge in [-0.05, 0) is 34.5 Å². The van der Waals surface area contributed by atoms with Gasteiger partial charge in [-0.1, -0.05) is 54.6 Å². The zero-order valence-electron chi connectivity index (χ0n) is 14.5. The first-order chi connectivity index (χ1) is 12.7. The molecule has 0 unspecified atom stereocenters. The van der Waals surface area contributed by atoms with Gasteiger partial charge < -0.3 is 9.47 Å². The van der Waals surface area contributed by atoms with Gasteiger partial charge in [-0.15, -0.1) is 0 Å². The normalized spacial score (nSPS) is 19.5. The topological polar surface area (TPSA) is 47.9 Å². The molecule has 0 amide bonds. The van der Waals surface area contributed by atoms with Gasteiger partial charge in [0, 0.05) is 12.0 Å². The molecule has 0 saturated heterocycles. The average molecular weight is 345 g/mol. The van der Waals surface area contributed by atoms with Crippen molar-refractivity contribution >= 4 is 22.6 Å². The highest BCUT2D eigenvalue weighted by Gasteiger charge is 2.32. The number of benzene rings is 3. The SMILES string of the molecule is COC(=O)[C@H]1C[C@H](c2ccc3ccccc3c2)OC(c2ccccc2)=N1. The maximum Gasteiger partial charge on any atom is 0.330 e. The Bertz CT molecular complexity index is 965. The summed E-state index contributed by atoms with van der Waals surface area (Å²) in [6.45, 7) is 0. The lowest BCUT2D eigenvalue weighted by molar-refractivity contribution is -0.143. The van der Waals surface area contributed by atoms with Gasteiger partial charge in [-0.2, -0.15) is 0 Å². The van der Waals surface area contributed by atoms with Crippen molar-refractivity contribution in [2.75, 3.05) is 7.11 Å². The second-order valence-electron chi connectivity index (χ2n) is 6.29.